The van der Waals surface area contributed by atoms with Gasteiger partial charge in [-0.25, -0.2) is 8.42 Å². The van der Waals surface area contributed by atoms with Crippen LogP contribution in [0.4, 0.5) is 0 Å². The maximum Gasteiger partial charge on any atom is 0.182 e. The second-order valence-corrected chi connectivity index (χ2v) is 10.5. The summed E-state index contributed by atoms with van der Waals surface area (Å²) < 4.78 is 31.4. The number of aliphatic hydroxyl groups is 1. The Bertz CT molecular complexity index is 1140. The fourth-order valence-electron chi connectivity index (χ4n) is 4.04. The predicted octanol–water partition coefficient (Wildman–Crippen LogP) is 4.11. The van der Waals surface area contributed by atoms with Crippen molar-refractivity contribution in [3.63, 3.8) is 0 Å². The Kier molecular flexibility index (Phi) is 6.94. The van der Waals surface area contributed by atoms with Crippen LogP contribution in [-0.4, -0.2) is 37.6 Å². The maximum atomic E-state index is 12.7. The largest absolute Gasteiger partial charge is 0.489 e. The zero-order valence-electron chi connectivity index (χ0n) is 18.3. The fourth-order valence-corrected chi connectivity index (χ4v) is 5.39. The molecule has 6 heteroatoms. The Morgan fingerprint density at radius 1 is 0.969 bits per heavy atom. The van der Waals surface area contributed by atoms with Crippen LogP contribution in [0.15, 0.2) is 77.7 Å². The Balaban J connectivity index is 1.38. The van der Waals surface area contributed by atoms with Gasteiger partial charge >= 0.3 is 0 Å². The molecule has 0 spiro atoms. The van der Waals surface area contributed by atoms with Gasteiger partial charge < -0.3 is 9.84 Å². The van der Waals surface area contributed by atoms with Gasteiger partial charge in [-0.15, -0.1) is 0 Å². The molecule has 1 fully saturated rings. The molecule has 0 bridgehead atoms. The van der Waals surface area contributed by atoms with Crippen molar-refractivity contribution in [2.45, 2.75) is 43.2 Å². The van der Waals surface area contributed by atoms with Gasteiger partial charge in [0.1, 0.15) is 12.4 Å². The van der Waals surface area contributed by atoms with E-state index in [0.717, 1.165) is 37.2 Å². The molecule has 32 heavy (non-hydrogen) atoms. The Morgan fingerprint density at radius 2 is 1.69 bits per heavy atom. The van der Waals surface area contributed by atoms with Crippen LogP contribution in [-0.2, 0) is 28.7 Å². The number of aryl methyl sites for hydroxylation is 1. The molecule has 0 radical (unpaired) electrons. The third kappa shape index (κ3) is 5.97. The van der Waals surface area contributed by atoms with Crippen LogP contribution in [0, 0.1) is 6.92 Å². The van der Waals surface area contributed by atoms with Crippen molar-refractivity contribution in [3.05, 3.63) is 95.1 Å². The zero-order chi connectivity index (χ0) is 22.6. The van der Waals surface area contributed by atoms with Crippen LogP contribution in [0.1, 0.15) is 28.7 Å². The van der Waals surface area contributed by atoms with E-state index in [1.165, 1.54) is 5.56 Å². The number of rotatable bonds is 8. The van der Waals surface area contributed by atoms with Crippen molar-refractivity contribution < 1.29 is 18.3 Å². The molecule has 1 aliphatic heterocycles. The van der Waals surface area contributed by atoms with Crippen LogP contribution in [0.25, 0.3) is 0 Å². The number of ether oxygens (including phenoxy) is 1. The predicted molar refractivity (Wildman–Crippen MR) is 125 cm³/mol. The third-order valence-electron chi connectivity index (χ3n) is 5.65. The molecule has 0 saturated carbocycles. The van der Waals surface area contributed by atoms with Crippen LogP contribution >= 0.6 is 0 Å². The topological polar surface area (TPSA) is 66.8 Å². The smallest absolute Gasteiger partial charge is 0.182 e. The van der Waals surface area contributed by atoms with Gasteiger partial charge in [-0.2, -0.15) is 0 Å². The van der Waals surface area contributed by atoms with Crippen molar-refractivity contribution in [1.82, 2.24) is 4.90 Å². The second kappa shape index (κ2) is 9.86. The summed E-state index contributed by atoms with van der Waals surface area (Å²) in [5.41, 5.74) is 3.94. The normalized spacial score (nSPS) is 16.9. The quantitative estimate of drug-likeness (QED) is 0.558. The summed E-state index contributed by atoms with van der Waals surface area (Å²) in [4.78, 5) is 2.58. The van der Waals surface area contributed by atoms with E-state index >= 15 is 0 Å². The number of nitrogens with zero attached hydrogens (tertiary/aromatic N) is 1. The highest BCUT2D eigenvalue weighted by molar-refractivity contribution is 7.90. The molecule has 1 atom stereocenters. The van der Waals surface area contributed by atoms with E-state index in [1.807, 2.05) is 19.1 Å². The highest BCUT2D eigenvalue weighted by atomic mass is 32.2. The molecule has 0 amide bonds. The molecule has 1 heterocycles. The van der Waals surface area contributed by atoms with E-state index < -0.39 is 9.84 Å². The Labute approximate surface area is 190 Å². The van der Waals surface area contributed by atoms with Gasteiger partial charge in [-0.05, 0) is 59.9 Å². The monoisotopic (exact) mass is 451 g/mol. The minimum atomic E-state index is -3.41. The summed E-state index contributed by atoms with van der Waals surface area (Å²) in [7, 11) is -3.41. The first-order valence-corrected chi connectivity index (χ1v) is 12.5. The fraction of sp³-hybridized carbons (Fsp3) is 0.308. The van der Waals surface area contributed by atoms with Gasteiger partial charge in [0.25, 0.3) is 0 Å². The maximum absolute atomic E-state index is 12.7. The van der Waals surface area contributed by atoms with E-state index in [-0.39, 0.29) is 11.9 Å². The molecule has 0 aromatic heterocycles. The molecule has 5 nitrogen and oxygen atoms in total. The lowest BCUT2D eigenvalue weighted by Gasteiger charge is -2.15. The number of hydrogen-bond acceptors (Lipinski definition) is 5. The highest BCUT2D eigenvalue weighted by Gasteiger charge is 2.20. The lowest BCUT2D eigenvalue weighted by molar-refractivity contribution is 0.175. The minimum absolute atomic E-state index is 0.0606. The average molecular weight is 452 g/mol. The standard InChI is InChI=1S/C26H29NO4S/c1-20-13-23(19-32(29,30)26-5-3-2-4-6-26)15-25(14-20)31-18-22-9-7-21(8-10-22)16-27-12-11-24(28)17-27/h2-10,13-15,24,28H,11-12,16-19H2,1H3/t24-/m1/s1. The van der Waals surface area contributed by atoms with Gasteiger partial charge in [-0.3, -0.25) is 4.90 Å². The van der Waals surface area contributed by atoms with Crippen molar-refractivity contribution in [2.75, 3.05) is 13.1 Å². The number of sulfone groups is 1. The summed E-state index contributed by atoms with van der Waals surface area (Å²) >= 11 is 0. The lowest BCUT2D eigenvalue weighted by atomic mass is 10.1. The van der Waals surface area contributed by atoms with Gasteiger partial charge in [0.2, 0.25) is 0 Å². The molecular formula is C26H29NO4S. The molecule has 0 unspecified atom stereocenters. The van der Waals surface area contributed by atoms with Crippen molar-refractivity contribution >= 4 is 9.84 Å². The molecule has 4 rings (SSSR count). The average Bonchev–Trinajstić information content (AvgIpc) is 3.18. The summed E-state index contributed by atoms with van der Waals surface area (Å²) in [5.74, 6) is 0.605. The number of aliphatic hydroxyl groups excluding tert-OH is 1. The van der Waals surface area contributed by atoms with Gasteiger partial charge in [0.15, 0.2) is 9.84 Å². The Hall–Kier alpha value is -2.67. The van der Waals surface area contributed by atoms with E-state index in [1.54, 1.807) is 36.4 Å². The first kappa shape index (κ1) is 22.5. The molecule has 168 valence electrons. The summed E-state index contributed by atoms with van der Waals surface area (Å²) in [5, 5.41) is 9.67. The first-order valence-electron chi connectivity index (χ1n) is 10.9. The van der Waals surface area contributed by atoms with Crippen LogP contribution in [0.2, 0.25) is 0 Å². The minimum Gasteiger partial charge on any atom is -0.489 e. The first-order chi connectivity index (χ1) is 15.4. The summed E-state index contributed by atoms with van der Waals surface area (Å²) in [6.45, 7) is 4.87. The van der Waals surface area contributed by atoms with E-state index in [0.29, 0.717) is 22.8 Å². The van der Waals surface area contributed by atoms with Crippen molar-refractivity contribution in [1.29, 1.82) is 0 Å². The van der Waals surface area contributed by atoms with Gasteiger partial charge in [0.05, 0.1) is 16.8 Å². The molecule has 0 aliphatic carbocycles. The summed E-state index contributed by atoms with van der Waals surface area (Å²) in [6.07, 6.45) is 0.640. The number of benzene rings is 3. The van der Waals surface area contributed by atoms with Crippen molar-refractivity contribution in [2.24, 2.45) is 0 Å². The van der Waals surface area contributed by atoms with Gasteiger partial charge in [-0.1, -0.05) is 48.5 Å². The number of hydrogen-bond donors (Lipinski definition) is 1. The molecule has 1 N–H and O–H groups in total. The molecule has 1 saturated heterocycles. The number of β-amino-alcohol motifs (C(OH)–C–C–N with tert-alkyl or cyclic N) is 1. The highest BCUT2D eigenvalue weighted by Crippen LogP contribution is 2.23. The van der Waals surface area contributed by atoms with E-state index in [9.17, 15) is 13.5 Å². The molecule has 3 aromatic rings. The zero-order valence-corrected chi connectivity index (χ0v) is 19.1. The molecule has 3 aromatic carbocycles. The summed E-state index contributed by atoms with van der Waals surface area (Å²) in [6, 6.07) is 22.4. The van der Waals surface area contributed by atoms with Crippen LogP contribution in [0.3, 0.4) is 0 Å². The SMILES string of the molecule is Cc1cc(CS(=O)(=O)c2ccccc2)cc(OCc2ccc(CN3CC[C@@H](O)C3)cc2)c1. The Morgan fingerprint density at radius 3 is 2.38 bits per heavy atom. The molecule has 1 aliphatic rings. The van der Waals surface area contributed by atoms with Crippen molar-refractivity contribution in [3.8, 4) is 5.75 Å². The lowest BCUT2D eigenvalue weighted by Crippen LogP contribution is -2.21. The number of likely N-dealkylation sites (tertiary alicyclic amines) is 1. The second-order valence-electron chi connectivity index (χ2n) is 8.51. The van der Waals surface area contributed by atoms with Crippen LogP contribution in [0.5, 0.6) is 5.75 Å². The van der Waals surface area contributed by atoms with Gasteiger partial charge in [0, 0.05) is 19.6 Å². The molecular weight excluding hydrogens is 422 g/mol. The van der Waals surface area contributed by atoms with E-state index in [4.69, 9.17) is 4.74 Å². The third-order valence-corrected chi connectivity index (χ3v) is 7.36. The van der Waals surface area contributed by atoms with Crippen LogP contribution < -0.4 is 4.74 Å². The van der Waals surface area contributed by atoms with E-state index in [2.05, 4.69) is 29.2 Å².